The number of amides is 1. The van der Waals surface area contributed by atoms with Gasteiger partial charge in [0.15, 0.2) is 0 Å². The van der Waals surface area contributed by atoms with E-state index in [1.54, 1.807) is 11.1 Å². The van der Waals surface area contributed by atoms with Gasteiger partial charge < -0.3 is 10.0 Å². The summed E-state index contributed by atoms with van der Waals surface area (Å²) >= 11 is 0. The van der Waals surface area contributed by atoms with E-state index in [1.807, 2.05) is 6.92 Å². The number of nitrogens with zero attached hydrogens (tertiary/aromatic N) is 4. The van der Waals surface area contributed by atoms with E-state index in [0.29, 0.717) is 19.5 Å². The first-order valence-corrected chi connectivity index (χ1v) is 4.97. The third-order valence-corrected chi connectivity index (χ3v) is 2.75. The molecule has 1 aliphatic rings. The summed E-state index contributed by atoms with van der Waals surface area (Å²) in [6.07, 6.45) is 3.86. The number of hydrogen-bond acceptors (Lipinski definition) is 4. The fourth-order valence-electron chi connectivity index (χ4n) is 1.62. The molecule has 0 unspecified atom stereocenters. The summed E-state index contributed by atoms with van der Waals surface area (Å²) in [4.78, 5) is 13.3. The molecule has 0 atom stereocenters. The molecule has 15 heavy (non-hydrogen) atoms. The molecule has 1 aromatic heterocycles. The van der Waals surface area contributed by atoms with Crippen molar-refractivity contribution in [2.24, 2.45) is 0 Å². The van der Waals surface area contributed by atoms with Crippen LogP contribution in [0, 0.1) is 0 Å². The van der Waals surface area contributed by atoms with Gasteiger partial charge in [0.1, 0.15) is 6.54 Å². The smallest absolute Gasteiger partial charge is 0.244 e. The molecule has 1 saturated heterocycles. The van der Waals surface area contributed by atoms with Gasteiger partial charge in [-0.15, -0.1) is 5.10 Å². The van der Waals surface area contributed by atoms with Crippen LogP contribution >= 0.6 is 0 Å². The largest absolute Gasteiger partial charge is 0.386 e. The lowest BCUT2D eigenvalue weighted by molar-refractivity contribution is -0.156. The first-order chi connectivity index (χ1) is 7.13. The maximum atomic E-state index is 11.6. The molecule has 0 radical (unpaired) electrons. The minimum atomic E-state index is -0.669. The highest BCUT2D eigenvalue weighted by molar-refractivity contribution is 5.77. The molecule has 1 aliphatic heterocycles. The second kappa shape index (κ2) is 3.62. The standard InChI is InChI=1S/C9H14N4O2/c1-2-9(15)6-12(7-9)8(14)5-13-4-3-10-11-13/h3-4,15H,2,5-7H2,1H3. The average Bonchev–Trinajstić information content (AvgIpc) is 2.65. The number of rotatable bonds is 3. The van der Waals surface area contributed by atoms with Gasteiger partial charge in [-0.05, 0) is 6.42 Å². The Morgan fingerprint density at radius 3 is 2.87 bits per heavy atom. The fraction of sp³-hybridized carbons (Fsp3) is 0.667. The summed E-state index contributed by atoms with van der Waals surface area (Å²) in [5.74, 6) is -0.0291. The molecule has 2 heterocycles. The van der Waals surface area contributed by atoms with Crippen molar-refractivity contribution in [3.63, 3.8) is 0 Å². The van der Waals surface area contributed by atoms with Crippen LogP contribution in [0.5, 0.6) is 0 Å². The Morgan fingerprint density at radius 2 is 2.33 bits per heavy atom. The molecular weight excluding hydrogens is 196 g/mol. The molecule has 0 spiro atoms. The van der Waals surface area contributed by atoms with Crippen molar-refractivity contribution in [3.05, 3.63) is 12.4 Å². The Bertz CT molecular complexity index is 343. The fourth-order valence-corrected chi connectivity index (χ4v) is 1.62. The zero-order chi connectivity index (χ0) is 10.9. The summed E-state index contributed by atoms with van der Waals surface area (Å²) in [6.45, 7) is 2.97. The van der Waals surface area contributed by atoms with Crippen molar-refractivity contribution in [3.8, 4) is 0 Å². The van der Waals surface area contributed by atoms with Gasteiger partial charge in [0.05, 0.1) is 24.9 Å². The van der Waals surface area contributed by atoms with E-state index in [0.717, 1.165) is 0 Å². The zero-order valence-electron chi connectivity index (χ0n) is 8.63. The number of hydrogen-bond donors (Lipinski definition) is 1. The molecular formula is C9H14N4O2. The van der Waals surface area contributed by atoms with Crippen molar-refractivity contribution in [2.45, 2.75) is 25.5 Å². The van der Waals surface area contributed by atoms with Gasteiger partial charge >= 0.3 is 0 Å². The van der Waals surface area contributed by atoms with Gasteiger partial charge in [0.25, 0.3) is 0 Å². The van der Waals surface area contributed by atoms with E-state index in [4.69, 9.17) is 0 Å². The molecule has 1 fully saturated rings. The van der Waals surface area contributed by atoms with Gasteiger partial charge in [0, 0.05) is 6.20 Å². The lowest BCUT2D eigenvalue weighted by Gasteiger charge is -2.46. The minimum Gasteiger partial charge on any atom is -0.386 e. The molecule has 1 aromatic rings. The highest BCUT2D eigenvalue weighted by atomic mass is 16.3. The summed E-state index contributed by atoms with van der Waals surface area (Å²) in [6, 6.07) is 0. The van der Waals surface area contributed by atoms with Gasteiger partial charge in [-0.25, -0.2) is 4.68 Å². The molecule has 6 heteroatoms. The Kier molecular flexibility index (Phi) is 2.44. The van der Waals surface area contributed by atoms with E-state index in [2.05, 4.69) is 10.3 Å². The van der Waals surface area contributed by atoms with Crippen LogP contribution < -0.4 is 0 Å². The number of β-amino-alcohol motifs (C(OH)–C–C–N with tert-alkyl or cyclic N) is 1. The second-order valence-electron chi connectivity index (χ2n) is 3.93. The molecule has 6 nitrogen and oxygen atoms in total. The van der Waals surface area contributed by atoms with Crippen LogP contribution in [0.3, 0.4) is 0 Å². The van der Waals surface area contributed by atoms with Crippen molar-refractivity contribution >= 4 is 5.91 Å². The minimum absolute atomic E-state index is 0.0291. The highest BCUT2D eigenvalue weighted by Gasteiger charge is 2.41. The molecule has 0 bridgehead atoms. The summed E-state index contributed by atoms with van der Waals surface area (Å²) in [7, 11) is 0. The predicted molar refractivity (Wildman–Crippen MR) is 51.8 cm³/mol. The Labute approximate surface area is 87.5 Å². The Hall–Kier alpha value is -1.43. The first-order valence-electron chi connectivity index (χ1n) is 4.97. The van der Waals surface area contributed by atoms with Crippen molar-refractivity contribution < 1.29 is 9.90 Å². The van der Waals surface area contributed by atoms with Gasteiger partial charge in [-0.2, -0.15) is 0 Å². The van der Waals surface area contributed by atoms with Crippen LogP contribution in [-0.2, 0) is 11.3 Å². The molecule has 0 saturated carbocycles. The lowest BCUT2D eigenvalue weighted by atomic mass is 9.91. The number of carbonyl (C=O) groups is 1. The van der Waals surface area contributed by atoms with E-state index in [1.165, 1.54) is 10.9 Å². The molecule has 1 amide bonds. The number of likely N-dealkylation sites (tertiary alicyclic amines) is 1. The summed E-state index contributed by atoms with van der Waals surface area (Å²) < 4.78 is 1.48. The van der Waals surface area contributed by atoms with E-state index >= 15 is 0 Å². The van der Waals surface area contributed by atoms with E-state index < -0.39 is 5.60 Å². The molecule has 82 valence electrons. The monoisotopic (exact) mass is 210 g/mol. The van der Waals surface area contributed by atoms with Gasteiger partial charge in [-0.1, -0.05) is 12.1 Å². The third kappa shape index (κ3) is 1.99. The van der Waals surface area contributed by atoms with Crippen molar-refractivity contribution in [2.75, 3.05) is 13.1 Å². The predicted octanol–water partition coefficient (Wildman–Crippen LogP) is -0.739. The summed E-state index contributed by atoms with van der Waals surface area (Å²) in [5.41, 5.74) is -0.669. The SMILES string of the molecule is CCC1(O)CN(C(=O)Cn2ccnn2)C1. The van der Waals surface area contributed by atoms with Crippen LogP contribution in [0.15, 0.2) is 12.4 Å². The second-order valence-corrected chi connectivity index (χ2v) is 3.93. The Morgan fingerprint density at radius 1 is 1.60 bits per heavy atom. The van der Waals surface area contributed by atoms with Gasteiger partial charge in [0.2, 0.25) is 5.91 Å². The lowest BCUT2D eigenvalue weighted by Crippen LogP contribution is -2.63. The quantitative estimate of drug-likeness (QED) is 0.713. The summed E-state index contributed by atoms with van der Waals surface area (Å²) in [5, 5.41) is 17.1. The van der Waals surface area contributed by atoms with Crippen LogP contribution in [0.4, 0.5) is 0 Å². The molecule has 0 aliphatic carbocycles. The number of carbonyl (C=O) groups excluding carboxylic acids is 1. The van der Waals surface area contributed by atoms with Gasteiger partial charge in [-0.3, -0.25) is 4.79 Å². The Balaban J connectivity index is 1.85. The van der Waals surface area contributed by atoms with Crippen molar-refractivity contribution in [1.29, 1.82) is 0 Å². The molecule has 0 aromatic carbocycles. The van der Waals surface area contributed by atoms with Crippen LogP contribution in [0.25, 0.3) is 0 Å². The highest BCUT2D eigenvalue weighted by Crippen LogP contribution is 2.23. The first kappa shape index (κ1) is 10.1. The molecule has 2 rings (SSSR count). The number of aromatic nitrogens is 3. The van der Waals surface area contributed by atoms with E-state index in [-0.39, 0.29) is 12.5 Å². The average molecular weight is 210 g/mol. The van der Waals surface area contributed by atoms with Crippen LogP contribution in [0.2, 0.25) is 0 Å². The maximum Gasteiger partial charge on any atom is 0.244 e. The van der Waals surface area contributed by atoms with E-state index in [9.17, 15) is 9.90 Å². The third-order valence-electron chi connectivity index (χ3n) is 2.75. The van der Waals surface area contributed by atoms with Crippen LogP contribution in [0.1, 0.15) is 13.3 Å². The van der Waals surface area contributed by atoms with Crippen molar-refractivity contribution in [1.82, 2.24) is 19.9 Å². The molecule has 1 N–H and O–H groups in total. The van der Waals surface area contributed by atoms with Crippen LogP contribution in [-0.4, -0.2) is 49.6 Å². The topological polar surface area (TPSA) is 71.2 Å². The maximum absolute atomic E-state index is 11.6. The normalized spacial score (nSPS) is 18.7. The number of aliphatic hydroxyl groups is 1. The zero-order valence-corrected chi connectivity index (χ0v) is 8.63.